The Bertz CT molecular complexity index is 700. The number of nitrogens with zero attached hydrogens (tertiary/aromatic N) is 2. The van der Waals surface area contributed by atoms with Gasteiger partial charge in [-0.3, -0.25) is 10.0 Å². The van der Waals surface area contributed by atoms with Crippen molar-refractivity contribution >= 4 is 11.9 Å². The van der Waals surface area contributed by atoms with Crippen molar-refractivity contribution in [3.63, 3.8) is 0 Å². The maximum Gasteiger partial charge on any atom is 0.316 e. The molecule has 3 atom stereocenters. The second-order valence-corrected chi connectivity index (χ2v) is 5.58. The molecule has 0 spiro atoms. The number of benzene rings is 1. The van der Waals surface area contributed by atoms with Crippen LogP contribution in [0.2, 0.25) is 0 Å². The molecule has 0 fully saturated rings. The lowest BCUT2D eigenvalue weighted by Crippen LogP contribution is -2.54. The highest BCUT2D eigenvalue weighted by atomic mass is 16.5. The van der Waals surface area contributed by atoms with Gasteiger partial charge in [0.1, 0.15) is 6.04 Å². The van der Waals surface area contributed by atoms with E-state index in [0.29, 0.717) is 0 Å². The molecule has 0 unspecified atom stereocenters. The van der Waals surface area contributed by atoms with Crippen LogP contribution in [0.1, 0.15) is 25.5 Å². The highest BCUT2D eigenvalue weighted by molar-refractivity contribution is 5.86. The number of aliphatic hydroxyl groups excluding tert-OH is 1. The zero-order chi connectivity index (χ0) is 18.4. The highest BCUT2D eigenvalue weighted by Crippen LogP contribution is 2.15. The molecule has 1 aromatic carbocycles. The van der Waals surface area contributed by atoms with Crippen LogP contribution in [0.3, 0.4) is 0 Å². The minimum Gasteiger partial charge on any atom is -0.391 e. The average molecular weight is 347 g/mol. The molecule has 2 aromatic rings. The van der Waals surface area contributed by atoms with Crippen molar-refractivity contribution in [2.45, 2.75) is 32.0 Å². The molecule has 5 N–H and O–H groups in total. The summed E-state index contributed by atoms with van der Waals surface area (Å²) >= 11 is 0. The van der Waals surface area contributed by atoms with Gasteiger partial charge < -0.3 is 15.7 Å². The lowest BCUT2D eigenvalue weighted by molar-refractivity contribution is -0.133. The minimum absolute atomic E-state index is 0.335. The number of amides is 3. The zero-order valence-electron chi connectivity index (χ0n) is 13.9. The van der Waals surface area contributed by atoms with Crippen LogP contribution in [0.4, 0.5) is 4.79 Å². The van der Waals surface area contributed by atoms with E-state index in [2.05, 4.69) is 15.7 Å². The predicted molar refractivity (Wildman–Crippen MR) is 89.0 cm³/mol. The third-order valence-electron chi connectivity index (χ3n) is 3.67. The van der Waals surface area contributed by atoms with Crippen molar-refractivity contribution in [2.75, 3.05) is 0 Å². The Morgan fingerprint density at radius 2 is 1.84 bits per heavy atom. The van der Waals surface area contributed by atoms with Gasteiger partial charge in [0.05, 0.1) is 17.8 Å². The van der Waals surface area contributed by atoms with Crippen molar-refractivity contribution in [1.82, 2.24) is 25.9 Å². The van der Waals surface area contributed by atoms with Gasteiger partial charge in [0.2, 0.25) is 0 Å². The van der Waals surface area contributed by atoms with E-state index in [0.717, 1.165) is 11.3 Å². The van der Waals surface area contributed by atoms with Gasteiger partial charge in [0, 0.05) is 12.4 Å². The van der Waals surface area contributed by atoms with Gasteiger partial charge in [-0.1, -0.05) is 12.1 Å². The number of hydrogen-bond acceptors (Lipinski definition) is 5. The molecule has 0 aliphatic carbocycles. The van der Waals surface area contributed by atoms with Crippen LogP contribution < -0.4 is 16.1 Å². The molecule has 2 rings (SSSR count). The maximum atomic E-state index is 12.0. The normalized spacial score (nSPS) is 14.2. The number of carbonyl (C=O) groups is 2. The summed E-state index contributed by atoms with van der Waals surface area (Å²) in [6, 6.07) is 7.04. The molecule has 9 nitrogen and oxygen atoms in total. The van der Waals surface area contributed by atoms with Crippen molar-refractivity contribution in [3.05, 3.63) is 48.3 Å². The zero-order valence-corrected chi connectivity index (χ0v) is 13.9. The summed E-state index contributed by atoms with van der Waals surface area (Å²) < 4.78 is 1.72. The summed E-state index contributed by atoms with van der Waals surface area (Å²) in [7, 11) is 0. The van der Waals surface area contributed by atoms with E-state index in [4.69, 9.17) is 5.21 Å². The number of aliphatic hydroxyl groups is 1. The highest BCUT2D eigenvalue weighted by Gasteiger charge is 2.25. The van der Waals surface area contributed by atoms with Crippen LogP contribution in [0, 0.1) is 0 Å². The SMILES string of the molecule is C[C@@H](NC(=O)N[C@H](C(=O)NO)[C@@H](C)O)c1ccc(-n2cccn2)cc1. The molecule has 0 saturated carbocycles. The molecule has 9 heteroatoms. The predicted octanol–water partition coefficient (Wildman–Crippen LogP) is 0.487. The topological polar surface area (TPSA) is 129 Å². The summed E-state index contributed by atoms with van der Waals surface area (Å²) in [4.78, 5) is 23.4. The summed E-state index contributed by atoms with van der Waals surface area (Å²) in [5, 5.41) is 27.3. The van der Waals surface area contributed by atoms with Gasteiger partial charge in [-0.05, 0) is 37.6 Å². The van der Waals surface area contributed by atoms with E-state index in [1.54, 1.807) is 17.8 Å². The maximum absolute atomic E-state index is 12.0. The first-order chi connectivity index (χ1) is 11.9. The van der Waals surface area contributed by atoms with Gasteiger partial charge in [-0.2, -0.15) is 5.10 Å². The van der Waals surface area contributed by atoms with Crippen LogP contribution in [-0.4, -0.2) is 44.2 Å². The number of carbonyl (C=O) groups excluding carboxylic acids is 2. The third-order valence-corrected chi connectivity index (χ3v) is 3.67. The summed E-state index contributed by atoms with van der Waals surface area (Å²) in [6.45, 7) is 3.11. The lowest BCUT2D eigenvalue weighted by Gasteiger charge is -2.21. The van der Waals surface area contributed by atoms with E-state index in [1.165, 1.54) is 12.4 Å². The van der Waals surface area contributed by atoms with E-state index >= 15 is 0 Å². The number of hydroxylamine groups is 1. The molecule has 0 radical (unpaired) electrons. The smallest absolute Gasteiger partial charge is 0.316 e. The summed E-state index contributed by atoms with van der Waals surface area (Å²) in [5.74, 6) is -0.902. The van der Waals surface area contributed by atoms with Gasteiger partial charge in [0.15, 0.2) is 0 Å². The van der Waals surface area contributed by atoms with Crippen molar-refractivity contribution in [1.29, 1.82) is 0 Å². The Kier molecular flexibility index (Phi) is 6.09. The first-order valence-corrected chi connectivity index (χ1v) is 7.71. The van der Waals surface area contributed by atoms with Crippen LogP contribution >= 0.6 is 0 Å². The molecule has 3 amide bonds. The Morgan fingerprint density at radius 3 is 2.36 bits per heavy atom. The van der Waals surface area contributed by atoms with Gasteiger partial charge in [0.25, 0.3) is 5.91 Å². The fourth-order valence-corrected chi connectivity index (χ4v) is 2.27. The number of aromatic nitrogens is 2. The largest absolute Gasteiger partial charge is 0.391 e. The fraction of sp³-hybridized carbons (Fsp3) is 0.312. The van der Waals surface area contributed by atoms with E-state index < -0.39 is 24.1 Å². The van der Waals surface area contributed by atoms with Crippen LogP contribution in [0.15, 0.2) is 42.7 Å². The molecule has 25 heavy (non-hydrogen) atoms. The van der Waals surface area contributed by atoms with Gasteiger partial charge >= 0.3 is 6.03 Å². The standard InChI is InChI=1S/C16H21N5O4/c1-10(18-16(24)19-14(11(2)22)15(23)20-25)12-4-6-13(7-5-12)21-9-3-8-17-21/h3-11,14,22,25H,1-2H3,(H,20,23)(H2,18,19,24)/t10-,11-,14+/m1/s1. The van der Waals surface area contributed by atoms with Crippen LogP contribution in [-0.2, 0) is 4.79 Å². The van der Waals surface area contributed by atoms with E-state index in [9.17, 15) is 14.7 Å². The molecule has 0 bridgehead atoms. The van der Waals surface area contributed by atoms with Gasteiger partial charge in [-0.15, -0.1) is 0 Å². The number of urea groups is 1. The number of nitrogens with one attached hydrogen (secondary N) is 3. The Morgan fingerprint density at radius 1 is 1.16 bits per heavy atom. The molecule has 0 aliphatic heterocycles. The Hall–Kier alpha value is -2.91. The molecule has 0 saturated heterocycles. The van der Waals surface area contributed by atoms with E-state index in [-0.39, 0.29) is 6.04 Å². The van der Waals surface area contributed by atoms with Crippen LogP contribution in [0.5, 0.6) is 0 Å². The Labute approximate surface area is 144 Å². The molecule has 134 valence electrons. The average Bonchev–Trinajstić information content (AvgIpc) is 3.13. The molecule has 1 aromatic heterocycles. The summed E-state index contributed by atoms with van der Waals surface area (Å²) in [6.07, 6.45) is 2.34. The van der Waals surface area contributed by atoms with Crippen molar-refractivity contribution in [3.8, 4) is 5.69 Å². The lowest BCUT2D eigenvalue weighted by atomic mass is 10.1. The molecule has 1 heterocycles. The minimum atomic E-state index is -1.26. The number of rotatable bonds is 6. The van der Waals surface area contributed by atoms with Gasteiger partial charge in [-0.25, -0.2) is 15.0 Å². The third kappa shape index (κ3) is 4.78. The quantitative estimate of drug-likeness (QED) is 0.384. The molecule has 0 aliphatic rings. The monoisotopic (exact) mass is 347 g/mol. The first kappa shape index (κ1) is 18.4. The Balaban J connectivity index is 1.97. The second kappa shape index (κ2) is 8.27. The molecular weight excluding hydrogens is 326 g/mol. The van der Waals surface area contributed by atoms with E-state index in [1.807, 2.05) is 36.5 Å². The fourth-order valence-electron chi connectivity index (χ4n) is 2.27. The summed E-state index contributed by atoms with van der Waals surface area (Å²) in [5.41, 5.74) is 3.15. The number of hydrogen-bond donors (Lipinski definition) is 5. The van der Waals surface area contributed by atoms with Crippen molar-refractivity contribution in [2.24, 2.45) is 0 Å². The first-order valence-electron chi connectivity index (χ1n) is 7.71. The molecular formula is C16H21N5O4. The second-order valence-electron chi connectivity index (χ2n) is 5.58. The van der Waals surface area contributed by atoms with Crippen LogP contribution in [0.25, 0.3) is 5.69 Å². The van der Waals surface area contributed by atoms with Crippen molar-refractivity contribution < 1.29 is 19.9 Å².